The first-order chi connectivity index (χ1) is 9.61. The Labute approximate surface area is 125 Å². The summed E-state index contributed by atoms with van der Waals surface area (Å²) in [6.07, 6.45) is 3.62. The molecular weight excluding hydrogens is 264 g/mol. The number of hydrogen-bond acceptors (Lipinski definition) is 2. The first-order valence-electron chi connectivity index (χ1n) is 7.35. The average molecular weight is 286 g/mol. The Morgan fingerprint density at radius 1 is 1.10 bits per heavy atom. The van der Waals surface area contributed by atoms with Gasteiger partial charge in [0.25, 0.3) is 0 Å². The van der Waals surface area contributed by atoms with E-state index in [1.807, 2.05) is 19.9 Å². The fourth-order valence-electron chi connectivity index (χ4n) is 2.13. The maximum atomic E-state index is 12.0. The van der Waals surface area contributed by atoms with Crippen LogP contribution < -0.4 is 0 Å². The van der Waals surface area contributed by atoms with E-state index in [-0.39, 0.29) is 11.7 Å². The van der Waals surface area contributed by atoms with Gasteiger partial charge in [0.05, 0.1) is 4.88 Å². The molecule has 1 heterocycles. The van der Waals surface area contributed by atoms with E-state index in [2.05, 4.69) is 37.3 Å². The molecule has 0 atom stereocenters. The topological polar surface area (TPSA) is 17.1 Å². The molecule has 0 saturated carbocycles. The second kappa shape index (κ2) is 6.85. The summed E-state index contributed by atoms with van der Waals surface area (Å²) in [5.74, 6) is 0.304. The van der Waals surface area contributed by atoms with Crippen LogP contribution in [0.4, 0.5) is 0 Å². The van der Waals surface area contributed by atoms with E-state index in [9.17, 15) is 4.79 Å². The van der Waals surface area contributed by atoms with Crippen LogP contribution in [0.1, 0.15) is 48.8 Å². The van der Waals surface area contributed by atoms with Crippen molar-refractivity contribution in [3.05, 3.63) is 46.8 Å². The summed E-state index contributed by atoms with van der Waals surface area (Å²) < 4.78 is 0. The molecule has 0 bridgehead atoms. The third-order valence-electron chi connectivity index (χ3n) is 3.43. The highest BCUT2D eigenvalue weighted by Crippen LogP contribution is 2.29. The smallest absolute Gasteiger partial charge is 0.175 e. The lowest BCUT2D eigenvalue weighted by atomic mass is 10.1. The summed E-state index contributed by atoms with van der Waals surface area (Å²) in [6.45, 7) is 6.11. The number of carbonyl (C=O) groups is 1. The first kappa shape index (κ1) is 15.0. The van der Waals surface area contributed by atoms with Gasteiger partial charge in [0.2, 0.25) is 0 Å². The summed E-state index contributed by atoms with van der Waals surface area (Å²) in [5.41, 5.74) is 2.60. The molecule has 2 heteroatoms. The molecule has 0 spiro atoms. The second-order valence-electron chi connectivity index (χ2n) is 5.48. The lowest BCUT2D eigenvalue weighted by Gasteiger charge is -2.02. The molecule has 0 fully saturated rings. The third kappa shape index (κ3) is 3.57. The fraction of sp³-hybridized carbons (Fsp3) is 0.389. The molecule has 1 aromatic heterocycles. The second-order valence-corrected chi connectivity index (χ2v) is 6.57. The molecule has 0 radical (unpaired) electrons. The zero-order chi connectivity index (χ0) is 14.5. The Hall–Kier alpha value is -1.41. The number of thiophene rings is 1. The van der Waals surface area contributed by atoms with Gasteiger partial charge in [0.15, 0.2) is 5.78 Å². The fourth-order valence-corrected chi connectivity index (χ4v) is 3.23. The van der Waals surface area contributed by atoms with Gasteiger partial charge in [-0.15, -0.1) is 11.3 Å². The van der Waals surface area contributed by atoms with Crippen LogP contribution in [0.3, 0.4) is 0 Å². The van der Waals surface area contributed by atoms with Crippen LogP contribution in [0.5, 0.6) is 0 Å². The van der Waals surface area contributed by atoms with Crippen LogP contribution in [0.2, 0.25) is 0 Å². The number of benzene rings is 1. The van der Waals surface area contributed by atoms with Crippen molar-refractivity contribution >= 4 is 17.1 Å². The van der Waals surface area contributed by atoms with Gasteiger partial charge < -0.3 is 0 Å². The molecule has 2 aromatic rings. The number of rotatable bonds is 6. The van der Waals surface area contributed by atoms with Crippen LogP contribution in [-0.2, 0) is 6.42 Å². The molecule has 0 aliphatic carbocycles. The molecule has 1 aromatic carbocycles. The van der Waals surface area contributed by atoms with Crippen LogP contribution in [0.25, 0.3) is 10.4 Å². The van der Waals surface area contributed by atoms with Crippen molar-refractivity contribution in [3.63, 3.8) is 0 Å². The largest absolute Gasteiger partial charge is 0.293 e. The average Bonchev–Trinajstić information content (AvgIpc) is 2.94. The van der Waals surface area contributed by atoms with Gasteiger partial charge in [-0.1, -0.05) is 51.5 Å². The van der Waals surface area contributed by atoms with E-state index in [0.717, 1.165) is 11.3 Å². The van der Waals surface area contributed by atoms with Gasteiger partial charge in [0, 0.05) is 10.8 Å². The SMILES string of the molecule is CCCCc1ccc(-c2ccc(C(=O)C(C)C)s2)cc1. The summed E-state index contributed by atoms with van der Waals surface area (Å²) in [6, 6.07) is 12.7. The van der Waals surface area contributed by atoms with Crippen LogP contribution in [0.15, 0.2) is 36.4 Å². The molecular formula is C18H22OS. The van der Waals surface area contributed by atoms with Crippen LogP contribution in [-0.4, -0.2) is 5.78 Å². The summed E-state index contributed by atoms with van der Waals surface area (Å²) >= 11 is 1.60. The minimum atomic E-state index is 0.0675. The Bertz CT molecular complexity index is 563. The molecule has 106 valence electrons. The number of ketones is 1. The Balaban J connectivity index is 2.14. The molecule has 1 nitrogen and oxygen atoms in total. The molecule has 2 rings (SSSR count). The maximum absolute atomic E-state index is 12.0. The minimum Gasteiger partial charge on any atom is -0.293 e. The van der Waals surface area contributed by atoms with Gasteiger partial charge >= 0.3 is 0 Å². The molecule has 0 saturated heterocycles. The maximum Gasteiger partial charge on any atom is 0.175 e. The van der Waals surface area contributed by atoms with Gasteiger partial charge in [-0.2, -0.15) is 0 Å². The molecule has 0 aliphatic heterocycles. The Morgan fingerprint density at radius 3 is 2.40 bits per heavy atom. The molecule has 20 heavy (non-hydrogen) atoms. The number of hydrogen-bond donors (Lipinski definition) is 0. The number of unbranched alkanes of at least 4 members (excludes halogenated alkanes) is 1. The van der Waals surface area contributed by atoms with Gasteiger partial charge in [-0.3, -0.25) is 4.79 Å². The van der Waals surface area contributed by atoms with Gasteiger partial charge in [-0.05, 0) is 36.1 Å². The highest BCUT2D eigenvalue weighted by atomic mass is 32.1. The highest BCUT2D eigenvalue weighted by Gasteiger charge is 2.13. The Morgan fingerprint density at radius 2 is 1.80 bits per heavy atom. The van der Waals surface area contributed by atoms with Crippen molar-refractivity contribution in [1.29, 1.82) is 0 Å². The third-order valence-corrected chi connectivity index (χ3v) is 4.58. The zero-order valence-corrected chi connectivity index (χ0v) is 13.3. The van der Waals surface area contributed by atoms with Crippen molar-refractivity contribution in [1.82, 2.24) is 0 Å². The summed E-state index contributed by atoms with van der Waals surface area (Å²) in [5, 5.41) is 0. The van der Waals surface area contributed by atoms with Crippen LogP contribution in [0, 0.1) is 5.92 Å². The van der Waals surface area contributed by atoms with E-state index in [1.54, 1.807) is 11.3 Å². The van der Waals surface area contributed by atoms with Crippen molar-refractivity contribution < 1.29 is 4.79 Å². The van der Waals surface area contributed by atoms with E-state index >= 15 is 0 Å². The quantitative estimate of drug-likeness (QED) is 0.632. The normalized spacial score (nSPS) is 11.0. The van der Waals surface area contributed by atoms with Crippen molar-refractivity contribution in [2.24, 2.45) is 5.92 Å². The lowest BCUT2D eigenvalue weighted by Crippen LogP contribution is -2.04. The van der Waals surface area contributed by atoms with E-state index in [1.165, 1.54) is 28.8 Å². The molecule has 0 amide bonds. The van der Waals surface area contributed by atoms with E-state index in [4.69, 9.17) is 0 Å². The van der Waals surface area contributed by atoms with Crippen molar-refractivity contribution in [2.75, 3.05) is 0 Å². The van der Waals surface area contributed by atoms with Crippen molar-refractivity contribution in [3.8, 4) is 10.4 Å². The van der Waals surface area contributed by atoms with Crippen LogP contribution >= 0.6 is 11.3 Å². The predicted molar refractivity (Wildman–Crippen MR) is 87.5 cm³/mol. The van der Waals surface area contributed by atoms with E-state index in [0.29, 0.717) is 0 Å². The number of carbonyl (C=O) groups excluding carboxylic acids is 1. The lowest BCUT2D eigenvalue weighted by molar-refractivity contribution is 0.0943. The number of aryl methyl sites for hydroxylation is 1. The summed E-state index contributed by atoms with van der Waals surface area (Å²) in [7, 11) is 0. The standard InChI is InChI=1S/C18H22OS/c1-4-5-6-14-7-9-15(10-8-14)16-11-12-17(20-16)18(19)13(2)3/h7-13H,4-6H2,1-3H3. The zero-order valence-electron chi connectivity index (χ0n) is 12.5. The van der Waals surface area contributed by atoms with Gasteiger partial charge in [-0.25, -0.2) is 0 Å². The number of Topliss-reactive ketones (excluding diaryl/α,β-unsaturated/α-hetero) is 1. The highest BCUT2D eigenvalue weighted by molar-refractivity contribution is 7.17. The minimum absolute atomic E-state index is 0.0675. The summed E-state index contributed by atoms with van der Waals surface area (Å²) in [4.78, 5) is 14.0. The van der Waals surface area contributed by atoms with E-state index < -0.39 is 0 Å². The monoisotopic (exact) mass is 286 g/mol. The molecule has 0 aliphatic rings. The first-order valence-corrected chi connectivity index (χ1v) is 8.16. The van der Waals surface area contributed by atoms with Crippen molar-refractivity contribution in [2.45, 2.75) is 40.0 Å². The molecule has 0 unspecified atom stereocenters. The molecule has 0 N–H and O–H groups in total. The Kier molecular flexibility index (Phi) is 5.13. The van der Waals surface area contributed by atoms with Gasteiger partial charge in [0.1, 0.15) is 0 Å². The predicted octanol–water partition coefficient (Wildman–Crippen LogP) is 5.60.